The highest BCUT2D eigenvalue weighted by Crippen LogP contribution is 2.26. The Bertz CT molecular complexity index is 613. The Labute approximate surface area is 162 Å². The molecule has 0 bridgehead atoms. The number of amides is 2. The van der Waals surface area contributed by atoms with Crippen LogP contribution in [-0.2, 0) is 9.59 Å². The predicted molar refractivity (Wildman–Crippen MR) is 108 cm³/mol. The minimum Gasteiger partial charge on any atom is -0.356 e. The van der Waals surface area contributed by atoms with E-state index in [1.165, 1.54) is 45.4 Å². The predicted octanol–water partition coefficient (Wildman–Crippen LogP) is 3.44. The first-order valence-electron chi connectivity index (χ1n) is 10.4. The number of aromatic nitrogens is 1. The lowest BCUT2D eigenvalue weighted by atomic mass is 9.92. The highest BCUT2D eigenvalue weighted by atomic mass is 16.1. The van der Waals surface area contributed by atoms with E-state index < -0.39 is 0 Å². The number of nitrogens with zero attached hydrogens (tertiary/aromatic N) is 3. The molecule has 1 N–H and O–H groups in total. The molecule has 2 fully saturated rings. The number of pyridine rings is 1. The SMILES string of the molecule is CC(=O)Nc1ccc(N2CCCC(CCN(C=O)C3CCCCC3)C2)nc1. The van der Waals surface area contributed by atoms with Crippen LogP contribution in [0.5, 0.6) is 0 Å². The van der Waals surface area contributed by atoms with E-state index in [1.807, 2.05) is 12.1 Å². The van der Waals surface area contributed by atoms with Crippen molar-refractivity contribution >= 4 is 23.8 Å². The smallest absolute Gasteiger partial charge is 0.221 e. The van der Waals surface area contributed by atoms with E-state index in [4.69, 9.17) is 0 Å². The first-order valence-corrected chi connectivity index (χ1v) is 10.4. The average Bonchev–Trinajstić information content (AvgIpc) is 2.70. The van der Waals surface area contributed by atoms with Crippen LogP contribution in [0.2, 0.25) is 0 Å². The van der Waals surface area contributed by atoms with Crippen molar-refractivity contribution in [1.29, 1.82) is 0 Å². The number of rotatable bonds is 7. The van der Waals surface area contributed by atoms with Gasteiger partial charge in [-0.3, -0.25) is 9.59 Å². The molecule has 1 aromatic heterocycles. The van der Waals surface area contributed by atoms with E-state index in [9.17, 15) is 9.59 Å². The summed E-state index contributed by atoms with van der Waals surface area (Å²) in [7, 11) is 0. The number of piperidine rings is 1. The summed E-state index contributed by atoms with van der Waals surface area (Å²) in [6.45, 7) is 4.38. The number of anilines is 2. The van der Waals surface area contributed by atoms with Crippen LogP contribution >= 0.6 is 0 Å². The largest absolute Gasteiger partial charge is 0.356 e. The number of hydrogen-bond acceptors (Lipinski definition) is 4. The van der Waals surface area contributed by atoms with Gasteiger partial charge < -0.3 is 15.1 Å². The molecule has 3 rings (SSSR count). The summed E-state index contributed by atoms with van der Waals surface area (Å²) in [6, 6.07) is 4.34. The van der Waals surface area contributed by atoms with Gasteiger partial charge in [0.15, 0.2) is 0 Å². The monoisotopic (exact) mass is 372 g/mol. The van der Waals surface area contributed by atoms with Gasteiger partial charge in [0.1, 0.15) is 5.82 Å². The molecule has 1 saturated heterocycles. The lowest BCUT2D eigenvalue weighted by Gasteiger charge is -2.36. The molecule has 0 spiro atoms. The number of carbonyl (C=O) groups excluding carboxylic acids is 2. The Morgan fingerprint density at radius 1 is 1.26 bits per heavy atom. The zero-order valence-corrected chi connectivity index (χ0v) is 16.4. The summed E-state index contributed by atoms with van der Waals surface area (Å²) in [5, 5.41) is 2.76. The van der Waals surface area contributed by atoms with Gasteiger partial charge in [0.25, 0.3) is 0 Å². The van der Waals surface area contributed by atoms with Gasteiger partial charge in [-0.15, -0.1) is 0 Å². The van der Waals surface area contributed by atoms with E-state index in [0.29, 0.717) is 12.0 Å². The molecule has 0 aromatic carbocycles. The van der Waals surface area contributed by atoms with Gasteiger partial charge in [0.2, 0.25) is 12.3 Å². The second-order valence-corrected chi connectivity index (χ2v) is 7.96. The van der Waals surface area contributed by atoms with Crippen molar-refractivity contribution in [3.8, 4) is 0 Å². The van der Waals surface area contributed by atoms with Crippen molar-refractivity contribution in [2.24, 2.45) is 5.92 Å². The summed E-state index contributed by atoms with van der Waals surface area (Å²) in [5.74, 6) is 1.48. The van der Waals surface area contributed by atoms with Crippen LogP contribution in [0.1, 0.15) is 58.3 Å². The summed E-state index contributed by atoms with van der Waals surface area (Å²) in [6.07, 6.45) is 12.4. The van der Waals surface area contributed by atoms with Crippen molar-refractivity contribution < 1.29 is 9.59 Å². The molecule has 1 saturated carbocycles. The van der Waals surface area contributed by atoms with Crippen molar-refractivity contribution in [3.05, 3.63) is 18.3 Å². The number of hydrogen-bond donors (Lipinski definition) is 1. The second kappa shape index (κ2) is 9.72. The maximum atomic E-state index is 11.5. The highest BCUT2D eigenvalue weighted by Gasteiger charge is 2.24. The molecule has 1 aliphatic heterocycles. The minimum absolute atomic E-state index is 0.0831. The van der Waals surface area contributed by atoms with Crippen LogP contribution in [0.15, 0.2) is 18.3 Å². The van der Waals surface area contributed by atoms with Crippen LogP contribution in [0, 0.1) is 5.92 Å². The quantitative estimate of drug-likeness (QED) is 0.745. The van der Waals surface area contributed by atoms with Crippen LogP contribution in [0.3, 0.4) is 0 Å². The third-order valence-corrected chi connectivity index (χ3v) is 5.89. The fourth-order valence-electron chi connectivity index (χ4n) is 4.42. The molecule has 0 radical (unpaired) electrons. The van der Waals surface area contributed by atoms with Crippen LogP contribution in [0.25, 0.3) is 0 Å². The molecule has 148 valence electrons. The topological polar surface area (TPSA) is 65.5 Å². The highest BCUT2D eigenvalue weighted by molar-refractivity contribution is 5.88. The summed E-state index contributed by atoms with van der Waals surface area (Å²) in [5.41, 5.74) is 0.730. The molecular weight excluding hydrogens is 340 g/mol. The fourth-order valence-corrected chi connectivity index (χ4v) is 4.42. The van der Waals surface area contributed by atoms with Crippen LogP contribution < -0.4 is 10.2 Å². The summed E-state index contributed by atoms with van der Waals surface area (Å²) < 4.78 is 0. The van der Waals surface area contributed by atoms with E-state index in [2.05, 4.69) is 20.1 Å². The van der Waals surface area contributed by atoms with Gasteiger partial charge in [0.05, 0.1) is 11.9 Å². The van der Waals surface area contributed by atoms with Crippen molar-refractivity contribution in [2.75, 3.05) is 29.9 Å². The fraction of sp³-hybridized carbons (Fsp3) is 0.667. The summed E-state index contributed by atoms with van der Waals surface area (Å²) >= 11 is 0. The standard InChI is InChI=1S/C21H32N4O2/c1-17(27)23-19-9-10-21(22-14-19)24-12-5-6-18(15-24)11-13-25(16-26)20-7-3-2-4-8-20/h9-10,14,16,18,20H,2-8,11-13,15H2,1H3,(H,23,27). The first kappa shape index (κ1) is 19.6. The molecule has 2 amide bonds. The number of carbonyl (C=O) groups is 2. The third kappa shape index (κ3) is 5.68. The molecule has 1 atom stereocenters. The Hall–Kier alpha value is -2.11. The van der Waals surface area contributed by atoms with Gasteiger partial charge >= 0.3 is 0 Å². The van der Waals surface area contributed by atoms with Crippen LogP contribution in [0.4, 0.5) is 11.5 Å². The third-order valence-electron chi connectivity index (χ3n) is 5.89. The molecule has 1 aromatic rings. The Balaban J connectivity index is 1.51. The molecule has 6 heteroatoms. The van der Waals surface area contributed by atoms with Crippen molar-refractivity contribution in [1.82, 2.24) is 9.88 Å². The van der Waals surface area contributed by atoms with Crippen LogP contribution in [-0.4, -0.2) is 47.9 Å². The van der Waals surface area contributed by atoms with E-state index in [0.717, 1.165) is 50.4 Å². The molecule has 1 aliphatic carbocycles. The molecule has 2 heterocycles. The maximum Gasteiger partial charge on any atom is 0.221 e. The van der Waals surface area contributed by atoms with Gasteiger partial charge in [-0.05, 0) is 50.2 Å². The zero-order valence-electron chi connectivity index (χ0n) is 16.4. The van der Waals surface area contributed by atoms with Gasteiger partial charge in [0, 0.05) is 32.6 Å². The lowest BCUT2D eigenvalue weighted by molar-refractivity contribution is -0.121. The lowest BCUT2D eigenvalue weighted by Crippen LogP contribution is -2.40. The van der Waals surface area contributed by atoms with Crippen molar-refractivity contribution in [3.63, 3.8) is 0 Å². The average molecular weight is 373 g/mol. The Morgan fingerprint density at radius 3 is 2.74 bits per heavy atom. The maximum absolute atomic E-state index is 11.5. The van der Waals surface area contributed by atoms with E-state index >= 15 is 0 Å². The van der Waals surface area contributed by atoms with E-state index in [1.54, 1.807) is 6.20 Å². The van der Waals surface area contributed by atoms with Gasteiger partial charge in [-0.25, -0.2) is 4.98 Å². The molecule has 27 heavy (non-hydrogen) atoms. The minimum atomic E-state index is -0.0831. The Kier molecular flexibility index (Phi) is 7.07. The number of nitrogens with one attached hydrogen (secondary N) is 1. The molecule has 2 aliphatic rings. The van der Waals surface area contributed by atoms with Gasteiger partial charge in [-0.2, -0.15) is 0 Å². The van der Waals surface area contributed by atoms with Gasteiger partial charge in [-0.1, -0.05) is 19.3 Å². The molecular formula is C21H32N4O2. The van der Waals surface area contributed by atoms with Crippen molar-refractivity contribution in [2.45, 2.75) is 64.3 Å². The second-order valence-electron chi connectivity index (χ2n) is 7.96. The first-order chi connectivity index (χ1) is 13.2. The normalized spacial score (nSPS) is 20.9. The zero-order chi connectivity index (χ0) is 19.1. The Morgan fingerprint density at radius 2 is 2.07 bits per heavy atom. The summed E-state index contributed by atoms with van der Waals surface area (Å²) in [4.78, 5) is 31.6. The van der Waals surface area contributed by atoms with E-state index in [-0.39, 0.29) is 5.91 Å². The molecule has 6 nitrogen and oxygen atoms in total. The molecule has 1 unspecified atom stereocenters.